The summed E-state index contributed by atoms with van der Waals surface area (Å²) in [6, 6.07) is 4.07. The maximum Gasteiger partial charge on any atom is 0.229 e. The molecule has 0 saturated carbocycles. The molecule has 4 nitrogen and oxygen atoms in total. The van der Waals surface area contributed by atoms with Gasteiger partial charge in [-0.3, -0.25) is 9.48 Å². The smallest absolute Gasteiger partial charge is 0.229 e. The molecular formula is C17H21ClFN3O. The summed E-state index contributed by atoms with van der Waals surface area (Å²) in [6.45, 7) is 8.87. The van der Waals surface area contributed by atoms with Crippen molar-refractivity contribution in [1.82, 2.24) is 9.78 Å². The molecule has 124 valence electrons. The second-order valence-corrected chi connectivity index (χ2v) is 6.51. The largest absolute Gasteiger partial charge is 0.323 e. The van der Waals surface area contributed by atoms with E-state index < -0.39 is 5.82 Å². The number of amides is 1. The zero-order chi connectivity index (χ0) is 17.1. The fraction of sp³-hybridized carbons (Fsp3) is 0.412. The quantitative estimate of drug-likeness (QED) is 0.891. The molecular weight excluding hydrogens is 317 g/mol. The van der Waals surface area contributed by atoms with E-state index in [4.69, 9.17) is 11.6 Å². The Morgan fingerprint density at radius 3 is 2.74 bits per heavy atom. The van der Waals surface area contributed by atoms with E-state index in [0.29, 0.717) is 10.9 Å². The summed E-state index contributed by atoms with van der Waals surface area (Å²) >= 11 is 5.83. The van der Waals surface area contributed by atoms with Gasteiger partial charge in [0.15, 0.2) is 0 Å². The highest BCUT2D eigenvalue weighted by Crippen LogP contribution is 2.21. The van der Waals surface area contributed by atoms with Crippen LogP contribution < -0.4 is 5.32 Å². The van der Waals surface area contributed by atoms with Crippen molar-refractivity contribution < 1.29 is 9.18 Å². The number of nitrogens with one attached hydrogen (secondary N) is 1. The third-order valence-corrected chi connectivity index (χ3v) is 3.84. The van der Waals surface area contributed by atoms with E-state index in [1.807, 2.05) is 18.5 Å². The number of benzene rings is 1. The number of carbonyl (C=O) groups is 1. The number of hydrogen-bond acceptors (Lipinski definition) is 2. The summed E-state index contributed by atoms with van der Waals surface area (Å²) in [6.07, 6.45) is 0.154. The lowest BCUT2D eigenvalue weighted by atomic mass is 10.1. The van der Waals surface area contributed by atoms with Crippen LogP contribution in [0.4, 0.5) is 10.1 Å². The van der Waals surface area contributed by atoms with Gasteiger partial charge in [-0.1, -0.05) is 25.4 Å². The molecule has 0 saturated heterocycles. The fourth-order valence-electron chi connectivity index (χ4n) is 2.46. The van der Waals surface area contributed by atoms with Gasteiger partial charge >= 0.3 is 0 Å². The molecule has 0 fully saturated rings. The predicted octanol–water partition coefficient (Wildman–Crippen LogP) is 4.13. The molecule has 0 aliphatic carbocycles. The van der Waals surface area contributed by atoms with Crippen molar-refractivity contribution in [2.75, 3.05) is 5.32 Å². The van der Waals surface area contributed by atoms with E-state index in [-0.39, 0.29) is 18.0 Å². The van der Waals surface area contributed by atoms with Crippen LogP contribution >= 0.6 is 11.6 Å². The van der Waals surface area contributed by atoms with E-state index in [1.54, 1.807) is 0 Å². The summed E-state index contributed by atoms with van der Waals surface area (Å²) in [7, 11) is 0. The number of carbonyl (C=O) groups excluding carboxylic acids is 1. The SMILES string of the molecule is Cc1nn(CC(C)C)c(C)c1CC(=O)Nc1cc(Cl)ccc1F. The van der Waals surface area contributed by atoms with E-state index >= 15 is 0 Å². The maximum absolute atomic E-state index is 13.7. The molecule has 0 aliphatic rings. The molecule has 0 spiro atoms. The van der Waals surface area contributed by atoms with Crippen molar-refractivity contribution in [1.29, 1.82) is 0 Å². The number of anilines is 1. The van der Waals surface area contributed by atoms with Gasteiger partial charge in [-0.05, 0) is 38.0 Å². The summed E-state index contributed by atoms with van der Waals surface area (Å²) in [5.74, 6) is -0.330. The monoisotopic (exact) mass is 337 g/mol. The summed E-state index contributed by atoms with van der Waals surface area (Å²) in [5.41, 5.74) is 2.76. The number of halogens is 2. The first-order chi connectivity index (χ1) is 10.8. The highest BCUT2D eigenvalue weighted by molar-refractivity contribution is 6.30. The van der Waals surface area contributed by atoms with Gasteiger partial charge in [0, 0.05) is 22.8 Å². The zero-order valence-electron chi connectivity index (χ0n) is 13.8. The fourth-order valence-corrected chi connectivity index (χ4v) is 2.63. The average Bonchev–Trinajstić information content (AvgIpc) is 2.70. The topological polar surface area (TPSA) is 46.9 Å². The van der Waals surface area contributed by atoms with Crippen LogP contribution in [0.2, 0.25) is 5.02 Å². The Morgan fingerprint density at radius 1 is 1.39 bits per heavy atom. The molecule has 0 unspecified atom stereocenters. The second-order valence-electron chi connectivity index (χ2n) is 6.07. The van der Waals surface area contributed by atoms with E-state index in [0.717, 1.165) is 23.5 Å². The average molecular weight is 338 g/mol. The van der Waals surface area contributed by atoms with Crippen LogP contribution in [0.1, 0.15) is 30.8 Å². The highest BCUT2D eigenvalue weighted by Gasteiger charge is 2.16. The van der Waals surface area contributed by atoms with E-state index in [2.05, 4.69) is 24.3 Å². The van der Waals surface area contributed by atoms with E-state index in [9.17, 15) is 9.18 Å². The third-order valence-electron chi connectivity index (χ3n) is 3.61. The summed E-state index contributed by atoms with van der Waals surface area (Å²) in [5, 5.41) is 7.43. The molecule has 2 rings (SSSR count). The van der Waals surface area contributed by atoms with Crippen molar-refractivity contribution in [3.8, 4) is 0 Å². The molecule has 2 aromatic rings. The highest BCUT2D eigenvalue weighted by atomic mass is 35.5. The van der Waals surface area contributed by atoms with Gasteiger partial charge in [0.25, 0.3) is 0 Å². The van der Waals surface area contributed by atoms with Crippen molar-refractivity contribution in [3.05, 3.63) is 46.0 Å². The van der Waals surface area contributed by atoms with Gasteiger partial charge in [0.05, 0.1) is 17.8 Å². The molecule has 1 heterocycles. The lowest BCUT2D eigenvalue weighted by Crippen LogP contribution is -2.16. The van der Waals surface area contributed by atoms with Crippen molar-refractivity contribution in [2.24, 2.45) is 5.92 Å². The maximum atomic E-state index is 13.7. The van der Waals surface area contributed by atoms with Crippen molar-refractivity contribution in [2.45, 2.75) is 40.7 Å². The second kappa shape index (κ2) is 7.13. The van der Waals surface area contributed by atoms with Gasteiger partial charge in [0.1, 0.15) is 5.82 Å². The van der Waals surface area contributed by atoms with Crippen molar-refractivity contribution in [3.63, 3.8) is 0 Å². The van der Waals surface area contributed by atoms with Crippen LogP contribution in [0.5, 0.6) is 0 Å². The molecule has 1 N–H and O–H groups in total. The first-order valence-electron chi connectivity index (χ1n) is 7.55. The first kappa shape index (κ1) is 17.5. The van der Waals surface area contributed by atoms with Crippen LogP contribution in [0.15, 0.2) is 18.2 Å². The predicted molar refractivity (Wildman–Crippen MR) is 90.3 cm³/mol. The van der Waals surface area contributed by atoms with Crippen LogP contribution in [-0.4, -0.2) is 15.7 Å². The minimum absolute atomic E-state index is 0.0902. The normalized spacial score (nSPS) is 11.1. The van der Waals surface area contributed by atoms with Gasteiger partial charge in [-0.2, -0.15) is 5.10 Å². The number of rotatable bonds is 5. The lowest BCUT2D eigenvalue weighted by Gasteiger charge is -2.09. The molecule has 1 aromatic heterocycles. The van der Waals surface area contributed by atoms with Gasteiger partial charge < -0.3 is 5.32 Å². The minimum Gasteiger partial charge on any atom is -0.323 e. The molecule has 0 atom stereocenters. The number of hydrogen-bond donors (Lipinski definition) is 1. The standard InChI is InChI=1S/C17H21ClFN3O/c1-10(2)9-22-12(4)14(11(3)21-22)8-17(23)20-16-7-13(18)5-6-15(16)19/h5-7,10H,8-9H2,1-4H3,(H,20,23). The van der Waals surface area contributed by atoms with Crippen LogP contribution in [0, 0.1) is 25.6 Å². The number of nitrogens with zero attached hydrogens (tertiary/aromatic N) is 2. The Balaban J connectivity index is 2.14. The molecule has 1 amide bonds. The third kappa shape index (κ3) is 4.32. The first-order valence-corrected chi connectivity index (χ1v) is 7.93. The number of aromatic nitrogens is 2. The molecule has 1 aromatic carbocycles. The molecule has 6 heteroatoms. The Bertz CT molecular complexity index is 725. The van der Waals surface area contributed by atoms with E-state index in [1.165, 1.54) is 18.2 Å². The van der Waals surface area contributed by atoms with Gasteiger partial charge in [0.2, 0.25) is 5.91 Å². The molecule has 0 aliphatic heterocycles. The Hall–Kier alpha value is -1.88. The Morgan fingerprint density at radius 2 is 2.09 bits per heavy atom. The Labute approximate surface area is 140 Å². The van der Waals surface area contributed by atoms with Crippen LogP contribution in [-0.2, 0) is 17.8 Å². The minimum atomic E-state index is -0.508. The van der Waals surface area contributed by atoms with Gasteiger partial charge in [-0.15, -0.1) is 0 Å². The number of aryl methyl sites for hydroxylation is 1. The molecule has 0 radical (unpaired) electrons. The van der Waals surface area contributed by atoms with Crippen LogP contribution in [0.25, 0.3) is 0 Å². The van der Waals surface area contributed by atoms with Gasteiger partial charge in [-0.25, -0.2) is 4.39 Å². The zero-order valence-corrected chi connectivity index (χ0v) is 14.5. The summed E-state index contributed by atoms with van der Waals surface area (Å²) < 4.78 is 15.6. The summed E-state index contributed by atoms with van der Waals surface area (Å²) in [4.78, 5) is 12.2. The van der Waals surface area contributed by atoms with Crippen LogP contribution in [0.3, 0.4) is 0 Å². The molecule has 0 bridgehead atoms. The van der Waals surface area contributed by atoms with Crippen molar-refractivity contribution >= 4 is 23.2 Å². The lowest BCUT2D eigenvalue weighted by molar-refractivity contribution is -0.115. The Kier molecular flexibility index (Phi) is 5.42. The molecule has 23 heavy (non-hydrogen) atoms.